The number of ketones is 1. The van der Waals surface area contributed by atoms with Crippen LogP contribution in [0.25, 0.3) is 0 Å². The van der Waals surface area contributed by atoms with Gasteiger partial charge in [0.2, 0.25) is 0 Å². The number of aromatic nitrogens is 1. The van der Waals surface area contributed by atoms with Crippen LogP contribution in [0.4, 0.5) is 0 Å². The number of nitrogens with zero attached hydrogens (tertiary/aromatic N) is 2. The van der Waals surface area contributed by atoms with Crippen molar-refractivity contribution in [2.75, 3.05) is 12.8 Å². The summed E-state index contributed by atoms with van der Waals surface area (Å²) in [6.45, 7) is 2.22. The number of rotatable bonds is 6. The molecule has 1 aliphatic rings. The summed E-state index contributed by atoms with van der Waals surface area (Å²) >= 11 is 1.35. The number of carbonyl (C=O) groups excluding carboxylic acids is 2. The van der Waals surface area contributed by atoms with Gasteiger partial charge in [-0.05, 0) is 25.3 Å². The fraction of sp³-hybridized carbons (Fsp3) is 0.333. The molecule has 1 N–H and O–H groups in total. The van der Waals surface area contributed by atoms with Gasteiger partial charge in [-0.2, -0.15) is 0 Å². The number of carbonyl (C=O) groups is 3. The quantitative estimate of drug-likeness (QED) is 0.801. The highest BCUT2D eigenvalue weighted by Gasteiger charge is 2.41. The predicted octanol–water partition coefficient (Wildman–Crippen LogP) is 1.59. The van der Waals surface area contributed by atoms with E-state index in [2.05, 4.69) is 4.98 Å². The van der Waals surface area contributed by atoms with Gasteiger partial charge in [0.15, 0.2) is 5.78 Å². The zero-order valence-corrected chi connectivity index (χ0v) is 13.1. The zero-order chi connectivity index (χ0) is 16.3. The molecule has 7 heteroatoms. The Hall–Kier alpha value is -2.15. The molecule has 1 aliphatic heterocycles. The highest BCUT2D eigenvalue weighted by atomic mass is 32.2. The van der Waals surface area contributed by atoms with Crippen LogP contribution in [0.2, 0.25) is 0 Å². The number of amides is 1. The summed E-state index contributed by atoms with van der Waals surface area (Å²) in [7, 11) is 0. The third-order valence-electron chi connectivity index (χ3n) is 3.45. The SMILES string of the molecule is CCN1C(=O)C(CC(=O)O)=C(C(=O)c2ccncc2)C1SC. The molecule has 1 unspecified atom stereocenters. The van der Waals surface area contributed by atoms with Gasteiger partial charge < -0.3 is 10.0 Å². The number of carboxylic acids is 1. The van der Waals surface area contributed by atoms with E-state index in [1.165, 1.54) is 29.1 Å². The van der Waals surface area contributed by atoms with Crippen molar-refractivity contribution in [2.45, 2.75) is 18.7 Å². The molecule has 0 fully saturated rings. The van der Waals surface area contributed by atoms with Crippen LogP contribution in [0.5, 0.6) is 0 Å². The monoisotopic (exact) mass is 320 g/mol. The van der Waals surface area contributed by atoms with Crippen molar-refractivity contribution in [1.82, 2.24) is 9.88 Å². The van der Waals surface area contributed by atoms with Crippen molar-refractivity contribution in [3.63, 3.8) is 0 Å². The van der Waals surface area contributed by atoms with E-state index in [0.717, 1.165) is 0 Å². The summed E-state index contributed by atoms with van der Waals surface area (Å²) < 4.78 is 0. The molecule has 0 radical (unpaired) electrons. The van der Waals surface area contributed by atoms with Gasteiger partial charge in [-0.25, -0.2) is 0 Å². The Bertz CT molecular complexity index is 642. The van der Waals surface area contributed by atoms with Crippen LogP contribution in [0, 0.1) is 0 Å². The maximum atomic E-state index is 12.7. The number of hydrogen-bond acceptors (Lipinski definition) is 5. The Morgan fingerprint density at radius 2 is 2.00 bits per heavy atom. The molecule has 0 aliphatic carbocycles. The number of pyridine rings is 1. The summed E-state index contributed by atoms with van der Waals surface area (Å²) in [6, 6.07) is 3.12. The van der Waals surface area contributed by atoms with Crippen molar-refractivity contribution in [3.05, 3.63) is 41.2 Å². The number of hydrogen-bond donors (Lipinski definition) is 1. The summed E-state index contributed by atoms with van der Waals surface area (Å²) in [4.78, 5) is 41.6. The Labute approximate surface area is 132 Å². The van der Waals surface area contributed by atoms with Crippen LogP contribution in [0.1, 0.15) is 23.7 Å². The fourth-order valence-corrected chi connectivity index (χ4v) is 3.47. The van der Waals surface area contributed by atoms with E-state index >= 15 is 0 Å². The smallest absolute Gasteiger partial charge is 0.308 e. The molecule has 2 rings (SSSR count). The lowest BCUT2D eigenvalue weighted by atomic mass is 9.99. The molecule has 0 aromatic carbocycles. The topological polar surface area (TPSA) is 87.6 Å². The first-order valence-corrected chi connectivity index (χ1v) is 8.03. The predicted molar refractivity (Wildman–Crippen MR) is 82.5 cm³/mol. The Morgan fingerprint density at radius 3 is 2.50 bits per heavy atom. The standard InChI is InChI=1S/C15H16N2O4S/c1-3-17-14(21)10(8-11(18)19)12(15(17)22-2)13(20)9-4-6-16-7-5-9/h4-7,15H,3,8H2,1-2H3,(H,18,19). The second kappa shape index (κ2) is 6.74. The van der Waals surface area contributed by atoms with E-state index < -0.39 is 17.8 Å². The summed E-state index contributed by atoms with van der Waals surface area (Å²) in [5.74, 6) is -1.81. The van der Waals surface area contributed by atoms with E-state index in [1.807, 2.05) is 0 Å². The normalized spacial score (nSPS) is 18.0. The molecule has 0 saturated heterocycles. The second-order valence-electron chi connectivity index (χ2n) is 4.71. The number of Topliss-reactive ketones (excluding diaryl/α,β-unsaturated/α-hetero) is 1. The minimum Gasteiger partial charge on any atom is -0.481 e. The molecule has 2 heterocycles. The molecule has 6 nitrogen and oxygen atoms in total. The average molecular weight is 320 g/mol. The Kier molecular flexibility index (Phi) is 4.97. The second-order valence-corrected chi connectivity index (χ2v) is 5.62. The van der Waals surface area contributed by atoms with Gasteiger partial charge in [-0.1, -0.05) is 0 Å². The van der Waals surface area contributed by atoms with Gasteiger partial charge in [-0.3, -0.25) is 19.4 Å². The van der Waals surface area contributed by atoms with Gasteiger partial charge in [0.25, 0.3) is 5.91 Å². The lowest BCUT2D eigenvalue weighted by Gasteiger charge is -2.23. The molecular formula is C15H16N2O4S. The van der Waals surface area contributed by atoms with E-state index in [-0.39, 0.29) is 22.8 Å². The average Bonchev–Trinajstić information content (AvgIpc) is 2.78. The largest absolute Gasteiger partial charge is 0.481 e. The minimum absolute atomic E-state index is 0.0792. The van der Waals surface area contributed by atoms with E-state index in [1.54, 1.807) is 25.3 Å². The van der Waals surface area contributed by atoms with Crippen molar-refractivity contribution < 1.29 is 19.5 Å². The van der Waals surface area contributed by atoms with Crippen LogP contribution in [0.15, 0.2) is 35.7 Å². The number of aliphatic carboxylic acids is 1. The molecular weight excluding hydrogens is 304 g/mol. The van der Waals surface area contributed by atoms with Crippen molar-refractivity contribution in [2.24, 2.45) is 0 Å². The van der Waals surface area contributed by atoms with Gasteiger partial charge in [0.05, 0.1) is 6.42 Å². The zero-order valence-electron chi connectivity index (χ0n) is 12.3. The highest BCUT2D eigenvalue weighted by Crippen LogP contribution is 2.35. The molecule has 116 valence electrons. The number of thioether (sulfide) groups is 1. The van der Waals surface area contributed by atoms with Crippen molar-refractivity contribution in [3.8, 4) is 0 Å². The maximum absolute atomic E-state index is 12.7. The van der Waals surface area contributed by atoms with Crippen LogP contribution in [0.3, 0.4) is 0 Å². The van der Waals surface area contributed by atoms with Gasteiger partial charge in [0, 0.05) is 35.6 Å². The summed E-state index contributed by atoms with van der Waals surface area (Å²) in [5.41, 5.74) is 0.751. The fourth-order valence-electron chi connectivity index (χ4n) is 2.48. The molecule has 22 heavy (non-hydrogen) atoms. The third-order valence-corrected chi connectivity index (χ3v) is 4.39. The van der Waals surface area contributed by atoms with Crippen molar-refractivity contribution in [1.29, 1.82) is 0 Å². The molecule has 1 atom stereocenters. The van der Waals surface area contributed by atoms with Gasteiger partial charge >= 0.3 is 5.97 Å². The van der Waals surface area contributed by atoms with Gasteiger partial charge in [0.1, 0.15) is 5.37 Å². The first kappa shape index (κ1) is 16.2. The van der Waals surface area contributed by atoms with Crippen molar-refractivity contribution >= 4 is 29.4 Å². The Morgan fingerprint density at radius 1 is 1.36 bits per heavy atom. The molecule has 1 amide bonds. The first-order valence-electron chi connectivity index (χ1n) is 6.74. The van der Waals surface area contributed by atoms with E-state index in [4.69, 9.17) is 5.11 Å². The summed E-state index contributed by atoms with van der Waals surface area (Å²) in [5, 5.41) is 8.60. The highest BCUT2D eigenvalue weighted by molar-refractivity contribution is 7.99. The molecule has 0 saturated carbocycles. The van der Waals surface area contributed by atoms with Gasteiger partial charge in [-0.15, -0.1) is 11.8 Å². The summed E-state index contributed by atoms with van der Waals surface area (Å²) in [6.07, 6.45) is 4.34. The minimum atomic E-state index is -1.12. The van der Waals surface area contributed by atoms with Crippen LogP contribution in [-0.2, 0) is 9.59 Å². The molecule has 0 bridgehead atoms. The van der Waals surface area contributed by atoms with Crippen LogP contribution >= 0.6 is 11.8 Å². The Balaban J connectivity index is 2.53. The first-order chi connectivity index (χ1) is 10.5. The molecule has 1 aromatic heterocycles. The van der Waals surface area contributed by atoms with Crippen LogP contribution in [-0.4, -0.2) is 50.8 Å². The third kappa shape index (κ3) is 2.89. The number of carboxylic acid groups (broad SMARTS) is 1. The lowest BCUT2D eigenvalue weighted by Crippen LogP contribution is -2.34. The maximum Gasteiger partial charge on any atom is 0.308 e. The van der Waals surface area contributed by atoms with Crippen LogP contribution < -0.4 is 0 Å². The number of likely N-dealkylation sites (N-methyl/N-ethyl adjacent to an activating group) is 1. The van der Waals surface area contributed by atoms with E-state index in [0.29, 0.717) is 12.1 Å². The lowest BCUT2D eigenvalue weighted by molar-refractivity contribution is -0.137. The van der Waals surface area contributed by atoms with E-state index in [9.17, 15) is 14.4 Å². The molecule has 0 spiro atoms. The molecule has 1 aromatic rings.